The molecule has 45 heavy (non-hydrogen) atoms. The van der Waals surface area contributed by atoms with Crippen LogP contribution in [0.1, 0.15) is 26.7 Å². The molecule has 0 aromatic heterocycles. The molecule has 0 rings (SSSR count). The van der Waals surface area contributed by atoms with Crippen LogP contribution in [-0.2, 0) is 24.3 Å². The second kappa shape index (κ2) is 15.5. The zero-order valence-electron chi connectivity index (χ0n) is 22.9. The van der Waals surface area contributed by atoms with Crippen molar-refractivity contribution in [2.45, 2.75) is 80.3 Å². The minimum Gasteiger partial charge on any atom is -0.748 e. The van der Waals surface area contributed by atoms with Gasteiger partial charge in [-0.05, 0) is 6.92 Å². The molecule has 0 spiro atoms. The van der Waals surface area contributed by atoms with Crippen molar-refractivity contribution in [3.05, 3.63) is 0 Å². The average Bonchev–Trinajstić information content (AvgIpc) is 2.78. The SMILES string of the molecule is CC(COC(=O)NCC(O)CS(=O)(=O)[O-])(OCCC(F)(F)C(F)(F)C(C)(F)F)OCCC(F)(F)C(F)(F)C(F)(F)C(F)(F)F.[Na+]. The number of alkyl carbamates (subject to hydrolysis) is 1. The van der Waals surface area contributed by atoms with E-state index in [1.165, 1.54) is 0 Å². The fourth-order valence-electron chi connectivity index (χ4n) is 2.70. The van der Waals surface area contributed by atoms with Crippen molar-refractivity contribution in [3.63, 3.8) is 0 Å². The van der Waals surface area contributed by atoms with Crippen LogP contribution in [0.4, 0.5) is 70.7 Å². The van der Waals surface area contributed by atoms with E-state index in [0.29, 0.717) is 6.92 Å². The van der Waals surface area contributed by atoms with Gasteiger partial charge in [-0.15, -0.1) is 0 Å². The number of ether oxygens (including phenoxy) is 3. The van der Waals surface area contributed by atoms with Crippen molar-refractivity contribution in [1.82, 2.24) is 5.32 Å². The van der Waals surface area contributed by atoms with E-state index in [1.807, 2.05) is 0 Å². The summed E-state index contributed by atoms with van der Waals surface area (Å²) in [7, 11) is -5.02. The molecule has 0 aliphatic rings. The van der Waals surface area contributed by atoms with Gasteiger partial charge in [0.15, 0.2) is 5.79 Å². The third-order valence-electron chi connectivity index (χ3n) is 5.21. The Morgan fingerprint density at radius 2 is 1.18 bits per heavy atom. The first-order valence-electron chi connectivity index (χ1n) is 11.3. The summed E-state index contributed by atoms with van der Waals surface area (Å²) < 4.78 is 242. The number of hydrogen-bond donors (Lipinski definition) is 2. The molecule has 0 aliphatic carbocycles. The summed E-state index contributed by atoms with van der Waals surface area (Å²) in [6.07, 6.45) is -16.0. The topological polar surface area (TPSA) is 134 Å². The Morgan fingerprint density at radius 1 is 0.778 bits per heavy atom. The van der Waals surface area contributed by atoms with Crippen LogP contribution in [0.5, 0.6) is 0 Å². The van der Waals surface area contributed by atoms with Crippen LogP contribution in [0.25, 0.3) is 0 Å². The normalized spacial score (nSPS) is 16.4. The molecular weight excluding hydrogens is 710 g/mol. The Labute approximate surface area is 266 Å². The zero-order chi connectivity index (χ0) is 35.4. The van der Waals surface area contributed by atoms with Crippen LogP contribution in [0, 0.1) is 0 Å². The van der Waals surface area contributed by atoms with Gasteiger partial charge in [0.2, 0.25) is 0 Å². The van der Waals surface area contributed by atoms with Gasteiger partial charge in [-0.3, -0.25) is 0 Å². The smallest absolute Gasteiger partial charge is 0.748 e. The van der Waals surface area contributed by atoms with E-state index in [2.05, 4.69) is 14.2 Å². The van der Waals surface area contributed by atoms with E-state index < -0.39 is 122 Å². The maximum absolute atomic E-state index is 13.8. The van der Waals surface area contributed by atoms with Crippen molar-refractivity contribution in [3.8, 4) is 0 Å². The van der Waals surface area contributed by atoms with E-state index in [0.717, 1.165) is 0 Å². The monoisotopic (exact) mass is 733 g/mol. The van der Waals surface area contributed by atoms with Gasteiger partial charge < -0.3 is 29.2 Å². The fourth-order valence-corrected chi connectivity index (χ4v) is 3.29. The molecule has 0 fully saturated rings. The van der Waals surface area contributed by atoms with E-state index in [1.54, 1.807) is 5.32 Å². The molecule has 1 amide bonds. The van der Waals surface area contributed by atoms with Crippen LogP contribution < -0.4 is 34.9 Å². The second-order valence-electron chi connectivity index (χ2n) is 9.18. The van der Waals surface area contributed by atoms with Crippen LogP contribution in [0.15, 0.2) is 0 Å². The summed E-state index contributed by atoms with van der Waals surface area (Å²) >= 11 is 0. The number of hydrogen-bond acceptors (Lipinski definition) is 8. The van der Waals surface area contributed by atoms with Gasteiger partial charge >= 0.3 is 77.4 Å². The molecule has 2 atom stereocenters. The molecule has 0 radical (unpaired) electrons. The van der Waals surface area contributed by atoms with Crippen molar-refractivity contribution in [2.75, 3.05) is 32.1 Å². The summed E-state index contributed by atoms with van der Waals surface area (Å²) in [6, 6.07) is 0. The summed E-state index contributed by atoms with van der Waals surface area (Å²) in [5.74, 6) is -42.0. The standard InChI is InChI=1S/C19H24F15NO8S.Na/c1-12(9-41-11(37)35-7-10(36)8-44(38,39)40,42-5-3-14(22,23)16(26,27)13(2,20)21)43-6-4-15(24,25)17(28,29)18(30,31)19(32,33)34;/h10,36H,3-9H2,1-2H3,(H,35,37)(H,38,39,40);/q;+1/p-1. The second-order valence-corrected chi connectivity index (χ2v) is 10.6. The number of aliphatic hydroxyl groups excluding tert-OH is 1. The van der Waals surface area contributed by atoms with Gasteiger partial charge in [-0.2, -0.15) is 65.9 Å². The first kappa shape index (κ1) is 46.1. The number of carbonyl (C=O) groups is 1. The molecule has 0 saturated carbocycles. The first-order valence-corrected chi connectivity index (χ1v) is 12.9. The minimum atomic E-state index is -7.29. The Morgan fingerprint density at radius 3 is 1.53 bits per heavy atom. The molecule has 2 unspecified atom stereocenters. The van der Waals surface area contributed by atoms with Crippen molar-refractivity contribution >= 4 is 16.2 Å². The number of alkyl halides is 15. The van der Waals surface area contributed by atoms with Gasteiger partial charge in [0, 0.05) is 26.3 Å². The Kier molecular flexibility index (Phi) is 15.9. The van der Waals surface area contributed by atoms with Crippen LogP contribution in [-0.4, -0.2) is 110 Å². The van der Waals surface area contributed by atoms with Crippen LogP contribution in [0.2, 0.25) is 0 Å². The predicted molar refractivity (Wildman–Crippen MR) is 111 cm³/mol. The molecule has 0 aromatic carbocycles. The van der Waals surface area contributed by atoms with Gasteiger partial charge in [-0.1, -0.05) is 0 Å². The van der Waals surface area contributed by atoms with Crippen LogP contribution in [0.3, 0.4) is 0 Å². The number of rotatable bonds is 18. The van der Waals surface area contributed by atoms with Gasteiger partial charge in [-0.25, -0.2) is 13.2 Å². The average molecular weight is 733 g/mol. The number of halogens is 15. The molecular formula is C19H23F15NNaO8S. The molecule has 2 N–H and O–H groups in total. The Balaban J connectivity index is 0. The number of nitrogens with one attached hydrogen (secondary N) is 1. The van der Waals surface area contributed by atoms with Gasteiger partial charge in [0.1, 0.15) is 6.61 Å². The molecule has 0 heterocycles. The summed E-state index contributed by atoms with van der Waals surface area (Å²) in [4.78, 5) is 11.7. The van der Waals surface area contributed by atoms with Crippen LogP contribution >= 0.6 is 0 Å². The summed E-state index contributed by atoms with van der Waals surface area (Å²) in [5, 5.41) is 10.9. The predicted octanol–water partition coefficient (Wildman–Crippen LogP) is 1.55. The van der Waals surface area contributed by atoms with Crippen molar-refractivity contribution < 1.29 is 132 Å². The van der Waals surface area contributed by atoms with E-state index in [-0.39, 0.29) is 29.6 Å². The molecule has 0 saturated heterocycles. The first-order chi connectivity index (χ1) is 19.2. The van der Waals surface area contributed by atoms with E-state index in [4.69, 9.17) is 0 Å². The molecule has 0 aromatic rings. The minimum absolute atomic E-state index is 0. The number of aliphatic hydroxyl groups is 1. The maximum Gasteiger partial charge on any atom is 1.00 e. The fraction of sp³-hybridized carbons (Fsp3) is 0.947. The third-order valence-corrected chi connectivity index (χ3v) is 6.00. The largest absolute Gasteiger partial charge is 1.00 e. The summed E-state index contributed by atoms with van der Waals surface area (Å²) in [5.41, 5.74) is 0. The number of amides is 1. The van der Waals surface area contributed by atoms with E-state index >= 15 is 0 Å². The molecule has 0 bridgehead atoms. The molecule has 26 heteroatoms. The molecule has 0 aliphatic heterocycles. The zero-order valence-corrected chi connectivity index (χ0v) is 25.7. The quantitative estimate of drug-likeness (QED) is 0.0939. The molecule has 264 valence electrons. The maximum atomic E-state index is 13.8. The Bertz CT molecular complexity index is 1070. The number of carbonyl (C=O) groups excluding carboxylic acids is 1. The van der Waals surface area contributed by atoms with Gasteiger partial charge in [0.05, 0.1) is 35.2 Å². The Hall–Kier alpha value is -0.990. The third kappa shape index (κ3) is 12.5. The van der Waals surface area contributed by atoms with Crippen molar-refractivity contribution in [1.29, 1.82) is 0 Å². The van der Waals surface area contributed by atoms with E-state index in [9.17, 15) is 88.7 Å². The van der Waals surface area contributed by atoms with Gasteiger partial charge in [0.25, 0.3) is 0 Å². The molecule has 9 nitrogen and oxygen atoms in total. The van der Waals surface area contributed by atoms with Crippen molar-refractivity contribution in [2.24, 2.45) is 0 Å². The summed E-state index contributed by atoms with van der Waals surface area (Å²) in [6.45, 7) is -6.59.